The summed E-state index contributed by atoms with van der Waals surface area (Å²) >= 11 is 1.28. The second kappa shape index (κ2) is 7.02. The number of carbonyl (C=O) groups is 1. The first-order chi connectivity index (χ1) is 10.1. The van der Waals surface area contributed by atoms with E-state index >= 15 is 0 Å². The van der Waals surface area contributed by atoms with Crippen molar-refractivity contribution in [3.05, 3.63) is 23.5 Å². The summed E-state index contributed by atoms with van der Waals surface area (Å²) in [5, 5.41) is 15.8. The number of nitrogens with zero attached hydrogens (tertiary/aromatic N) is 5. The molecule has 21 heavy (non-hydrogen) atoms. The van der Waals surface area contributed by atoms with Gasteiger partial charge in [0.1, 0.15) is 5.01 Å². The van der Waals surface area contributed by atoms with Gasteiger partial charge >= 0.3 is 6.03 Å². The summed E-state index contributed by atoms with van der Waals surface area (Å²) in [6.45, 7) is 5.68. The molecule has 0 aliphatic carbocycles. The van der Waals surface area contributed by atoms with Gasteiger partial charge in [-0.1, -0.05) is 11.3 Å². The van der Waals surface area contributed by atoms with Crippen LogP contribution in [-0.2, 0) is 6.54 Å². The van der Waals surface area contributed by atoms with Crippen molar-refractivity contribution in [3.8, 4) is 0 Å². The van der Waals surface area contributed by atoms with E-state index in [9.17, 15) is 4.79 Å². The van der Waals surface area contributed by atoms with Gasteiger partial charge in [-0.2, -0.15) is 5.10 Å². The van der Waals surface area contributed by atoms with Crippen LogP contribution in [0.3, 0.4) is 0 Å². The lowest BCUT2D eigenvalue weighted by Gasteiger charge is -2.23. The van der Waals surface area contributed by atoms with Gasteiger partial charge in [-0.05, 0) is 19.9 Å². The highest BCUT2D eigenvalue weighted by atomic mass is 32.1. The molecule has 0 saturated carbocycles. The molecule has 114 valence electrons. The Hall–Kier alpha value is -2.16. The van der Waals surface area contributed by atoms with Crippen molar-refractivity contribution in [3.63, 3.8) is 0 Å². The minimum Gasteiger partial charge on any atom is -0.374 e. The van der Waals surface area contributed by atoms with E-state index in [2.05, 4.69) is 20.6 Å². The number of rotatable bonds is 6. The second-order valence-electron chi connectivity index (χ2n) is 4.50. The van der Waals surface area contributed by atoms with Crippen LogP contribution in [0.1, 0.15) is 24.9 Å². The van der Waals surface area contributed by atoms with E-state index in [1.54, 1.807) is 15.8 Å². The molecule has 0 fully saturated rings. The number of nitrogen functional groups attached to an aromatic ring is 1. The van der Waals surface area contributed by atoms with Crippen LogP contribution in [0, 0.1) is 0 Å². The zero-order chi connectivity index (χ0) is 15.2. The van der Waals surface area contributed by atoms with E-state index < -0.39 is 0 Å². The average Bonchev–Trinajstić information content (AvgIpc) is 3.10. The summed E-state index contributed by atoms with van der Waals surface area (Å²) < 4.78 is 1.80. The molecule has 0 bridgehead atoms. The van der Waals surface area contributed by atoms with Gasteiger partial charge in [-0.25, -0.2) is 4.79 Å². The van der Waals surface area contributed by atoms with Crippen LogP contribution in [0.25, 0.3) is 0 Å². The lowest BCUT2D eigenvalue weighted by atomic mass is 10.3. The zero-order valence-electron chi connectivity index (χ0n) is 12.1. The number of amides is 2. The maximum Gasteiger partial charge on any atom is 0.318 e. The molecule has 9 heteroatoms. The Morgan fingerprint density at radius 3 is 2.95 bits per heavy atom. The molecule has 2 rings (SSSR count). The number of hydrogen-bond acceptors (Lipinski definition) is 6. The SMILES string of the molecule is CCN(CCn1cccn1)C(=O)N[C@H](C)c1nnc(N)s1. The maximum atomic E-state index is 12.2. The van der Waals surface area contributed by atoms with Crippen LogP contribution in [0.5, 0.6) is 0 Å². The van der Waals surface area contributed by atoms with E-state index in [1.165, 1.54) is 11.3 Å². The van der Waals surface area contributed by atoms with Crippen molar-refractivity contribution < 1.29 is 4.79 Å². The lowest BCUT2D eigenvalue weighted by molar-refractivity contribution is 0.194. The molecule has 2 amide bonds. The van der Waals surface area contributed by atoms with E-state index in [4.69, 9.17) is 5.73 Å². The Morgan fingerprint density at radius 2 is 2.38 bits per heavy atom. The number of aromatic nitrogens is 4. The predicted molar refractivity (Wildman–Crippen MR) is 80.7 cm³/mol. The largest absolute Gasteiger partial charge is 0.374 e. The summed E-state index contributed by atoms with van der Waals surface area (Å²) in [5.74, 6) is 0. The van der Waals surface area contributed by atoms with Gasteiger partial charge < -0.3 is 16.0 Å². The average molecular weight is 309 g/mol. The van der Waals surface area contributed by atoms with Gasteiger partial charge in [0.25, 0.3) is 0 Å². The molecule has 2 aromatic rings. The quantitative estimate of drug-likeness (QED) is 0.832. The van der Waals surface area contributed by atoms with Crippen LogP contribution in [0.15, 0.2) is 18.5 Å². The molecule has 0 aliphatic heterocycles. The van der Waals surface area contributed by atoms with E-state index in [1.807, 2.05) is 26.1 Å². The fraction of sp³-hybridized carbons (Fsp3) is 0.500. The van der Waals surface area contributed by atoms with E-state index in [0.717, 1.165) is 0 Å². The number of nitrogens with one attached hydrogen (secondary N) is 1. The molecule has 2 aromatic heterocycles. The summed E-state index contributed by atoms with van der Waals surface area (Å²) in [6.07, 6.45) is 3.59. The minimum absolute atomic E-state index is 0.133. The molecule has 0 aromatic carbocycles. The molecule has 0 unspecified atom stereocenters. The number of likely N-dealkylation sites (N-methyl/N-ethyl adjacent to an activating group) is 1. The molecule has 0 radical (unpaired) electrons. The Labute approximate surface area is 127 Å². The Bertz CT molecular complexity index is 568. The van der Waals surface area contributed by atoms with Gasteiger partial charge in [-0.15, -0.1) is 10.2 Å². The smallest absolute Gasteiger partial charge is 0.318 e. The fourth-order valence-electron chi connectivity index (χ4n) is 1.82. The van der Waals surface area contributed by atoms with Gasteiger partial charge in [-0.3, -0.25) is 4.68 Å². The van der Waals surface area contributed by atoms with Crippen molar-refractivity contribution >= 4 is 22.5 Å². The fourth-order valence-corrected chi connectivity index (χ4v) is 2.43. The van der Waals surface area contributed by atoms with Crippen LogP contribution in [-0.4, -0.2) is 44.0 Å². The first kappa shape index (κ1) is 15.2. The topological polar surface area (TPSA) is 102 Å². The van der Waals surface area contributed by atoms with Crippen molar-refractivity contribution in [2.45, 2.75) is 26.4 Å². The third-order valence-corrected chi connectivity index (χ3v) is 3.93. The Balaban J connectivity index is 1.87. The molecule has 8 nitrogen and oxygen atoms in total. The standard InChI is InChI=1S/C12H19N7OS/c1-3-18(7-8-19-6-4-5-14-19)12(20)15-9(2)10-16-17-11(13)21-10/h4-6,9H,3,7-8H2,1-2H3,(H2,13,17)(H,15,20)/t9-/m1/s1. The zero-order valence-corrected chi connectivity index (χ0v) is 12.9. The van der Waals surface area contributed by atoms with Gasteiger partial charge in [0.2, 0.25) is 5.13 Å². The van der Waals surface area contributed by atoms with Crippen LogP contribution in [0.4, 0.5) is 9.93 Å². The summed E-state index contributed by atoms with van der Waals surface area (Å²) in [6, 6.07) is 1.51. The second-order valence-corrected chi connectivity index (χ2v) is 5.54. The first-order valence-corrected chi connectivity index (χ1v) is 7.53. The number of hydrogen-bond donors (Lipinski definition) is 2. The molecular weight excluding hydrogens is 290 g/mol. The monoisotopic (exact) mass is 309 g/mol. The number of anilines is 1. The molecule has 2 heterocycles. The highest BCUT2D eigenvalue weighted by Gasteiger charge is 2.17. The predicted octanol–water partition coefficient (Wildman–Crippen LogP) is 1.11. The summed E-state index contributed by atoms with van der Waals surface area (Å²) in [5.41, 5.74) is 5.55. The number of carbonyl (C=O) groups excluding carboxylic acids is 1. The van der Waals surface area contributed by atoms with Crippen LogP contribution >= 0.6 is 11.3 Å². The van der Waals surface area contributed by atoms with E-state index in [0.29, 0.717) is 29.8 Å². The third kappa shape index (κ3) is 4.15. The van der Waals surface area contributed by atoms with Crippen molar-refractivity contribution in [1.29, 1.82) is 0 Å². The van der Waals surface area contributed by atoms with Crippen LogP contribution < -0.4 is 11.1 Å². The molecule has 3 N–H and O–H groups in total. The van der Waals surface area contributed by atoms with Gasteiger partial charge in [0.05, 0.1) is 12.6 Å². The van der Waals surface area contributed by atoms with Crippen molar-refractivity contribution in [2.24, 2.45) is 0 Å². The highest BCUT2D eigenvalue weighted by molar-refractivity contribution is 7.15. The Morgan fingerprint density at radius 1 is 1.57 bits per heavy atom. The van der Waals surface area contributed by atoms with E-state index in [-0.39, 0.29) is 12.1 Å². The minimum atomic E-state index is -0.217. The molecule has 0 aliphatic rings. The number of nitrogens with two attached hydrogens (primary N) is 1. The van der Waals surface area contributed by atoms with Gasteiger partial charge in [0.15, 0.2) is 0 Å². The number of urea groups is 1. The lowest BCUT2D eigenvalue weighted by Crippen LogP contribution is -2.42. The maximum absolute atomic E-state index is 12.2. The molecule has 0 saturated heterocycles. The molecule has 1 atom stereocenters. The van der Waals surface area contributed by atoms with Crippen molar-refractivity contribution in [2.75, 3.05) is 18.8 Å². The third-order valence-electron chi connectivity index (χ3n) is 2.99. The Kier molecular flexibility index (Phi) is 5.09. The molecular formula is C12H19N7OS. The highest BCUT2D eigenvalue weighted by Crippen LogP contribution is 2.18. The van der Waals surface area contributed by atoms with Gasteiger partial charge in [0, 0.05) is 25.5 Å². The van der Waals surface area contributed by atoms with Crippen molar-refractivity contribution in [1.82, 2.24) is 30.2 Å². The summed E-state index contributed by atoms with van der Waals surface area (Å²) in [7, 11) is 0. The van der Waals surface area contributed by atoms with Crippen LogP contribution in [0.2, 0.25) is 0 Å². The molecule has 0 spiro atoms. The summed E-state index contributed by atoms with van der Waals surface area (Å²) in [4.78, 5) is 14.0. The normalized spacial score (nSPS) is 12.1. The first-order valence-electron chi connectivity index (χ1n) is 6.72.